The van der Waals surface area contributed by atoms with Crippen molar-refractivity contribution in [3.05, 3.63) is 35.6 Å². The molecule has 1 atom stereocenters. The van der Waals surface area contributed by atoms with E-state index in [1.807, 2.05) is 0 Å². The van der Waals surface area contributed by atoms with E-state index in [2.05, 4.69) is 0 Å². The largest absolute Gasteiger partial charge is 1.00 e. The van der Waals surface area contributed by atoms with Gasteiger partial charge in [-0.1, -0.05) is 25.1 Å². The van der Waals surface area contributed by atoms with E-state index in [9.17, 15) is 14.3 Å². The van der Waals surface area contributed by atoms with Gasteiger partial charge in [0, 0.05) is 11.9 Å². The van der Waals surface area contributed by atoms with Gasteiger partial charge in [-0.15, -0.1) is 0 Å². The summed E-state index contributed by atoms with van der Waals surface area (Å²) in [5.41, 5.74) is 0.199. The molecular formula is C10H10FLiO2. The van der Waals surface area contributed by atoms with Crippen LogP contribution in [0.25, 0.3) is 0 Å². The van der Waals surface area contributed by atoms with Crippen LogP contribution in [0.3, 0.4) is 0 Å². The Kier molecular flexibility index (Phi) is 5.52. The molecule has 70 valence electrons. The fourth-order valence-corrected chi connectivity index (χ4v) is 1.27. The van der Waals surface area contributed by atoms with E-state index in [0.717, 1.165) is 0 Å². The van der Waals surface area contributed by atoms with Crippen molar-refractivity contribution in [2.24, 2.45) is 0 Å². The average molecular weight is 188 g/mol. The zero-order valence-corrected chi connectivity index (χ0v) is 8.29. The van der Waals surface area contributed by atoms with Crippen molar-refractivity contribution in [3.8, 4) is 0 Å². The van der Waals surface area contributed by atoms with Gasteiger partial charge in [-0.2, -0.15) is 0 Å². The van der Waals surface area contributed by atoms with E-state index in [4.69, 9.17) is 0 Å². The number of halogens is 1. The third-order valence-corrected chi connectivity index (χ3v) is 1.97. The number of rotatable bonds is 3. The number of carbonyl (C=O) groups is 1. The first kappa shape index (κ1) is 13.2. The van der Waals surface area contributed by atoms with Crippen LogP contribution >= 0.6 is 0 Å². The maximum atomic E-state index is 13.1. The number of aliphatic carboxylic acids is 1. The molecule has 0 amide bonds. The Morgan fingerprint density at radius 1 is 1.50 bits per heavy atom. The molecule has 1 aromatic carbocycles. The van der Waals surface area contributed by atoms with Gasteiger partial charge >= 0.3 is 18.9 Å². The van der Waals surface area contributed by atoms with Crippen molar-refractivity contribution in [2.75, 3.05) is 0 Å². The van der Waals surface area contributed by atoms with Crippen LogP contribution in [-0.4, -0.2) is 5.97 Å². The molecule has 0 saturated carbocycles. The molecule has 4 heteroatoms. The fourth-order valence-electron chi connectivity index (χ4n) is 1.27. The summed E-state index contributed by atoms with van der Waals surface area (Å²) >= 11 is 0. The molecule has 1 aromatic rings. The standard InChI is InChI=1S/C10H11FO2.Li/c1-2-7(10(12)13)8-5-3-4-6-9(8)11;/h3-7H,2H2,1H3,(H,12,13);/q;+1/p-1. The Balaban J connectivity index is 0.00000169. The molecule has 0 N–H and O–H groups in total. The van der Waals surface area contributed by atoms with E-state index < -0.39 is 17.7 Å². The second-order valence-electron chi connectivity index (χ2n) is 2.80. The first-order valence-electron chi connectivity index (χ1n) is 4.12. The van der Waals surface area contributed by atoms with Gasteiger partial charge in [0.25, 0.3) is 0 Å². The number of benzene rings is 1. The Labute approximate surface area is 94.3 Å². The van der Waals surface area contributed by atoms with Crippen LogP contribution in [-0.2, 0) is 4.79 Å². The monoisotopic (exact) mass is 188 g/mol. The van der Waals surface area contributed by atoms with Crippen molar-refractivity contribution in [1.82, 2.24) is 0 Å². The molecule has 0 bridgehead atoms. The van der Waals surface area contributed by atoms with Crippen molar-refractivity contribution in [2.45, 2.75) is 19.3 Å². The van der Waals surface area contributed by atoms with Crippen molar-refractivity contribution < 1.29 is 33.2 Å². The van der Waals surface area contributed by atoms with E-state index >= 15 is 0 Å². The van der Waals surface area contributed by atoms with E-state index in [1.54, 1.807) is 13.0 Å². The van der Waals surface area contributed by atoms with Crippen molar-refractivity contribution >= 4 is 5.97 Å². The minimum Gasteiger partial charge on any atom is -0.549 e. The molecule has 14 heavy (non-hydrogen) atoms. The Hall–Kier alpha value is -0.783. The number of carboxylic acid groups (broad SMARTS) is 1. The molecule has 0 spiro atoms. The van der Waals surface area contributed by atoms with Crippen LogP contribution in [0.5, 0.6) is 0 Å². The summed E-state index contributed by atoms with van der Waals surface area (Å²) < 4.78 is 13.1. The average Bonchev–Trinajstić information content (AvgIpc) is 2.09. The van der Waals surface area contributed by atoms with Crippen molar-refractivity contribution in [1.29, 1.82) is 0 Å². The normalized spacial score (nSPS) is 11.6. The maximum absolute atomic E-state index is 13.1. The first-order valence-corrected chi connectivity index (χ1v) is 4.12. The second-order valence-corrected chi connectivity index (χ2v) is 2.80. The van der Waals surface area contributed by atoms with Crippen LogP contribution in [0.4, 0.5) is 4.39 Å². The number of hydrogen-bond acceptors (Lipinski definition) is 2. The van der Waals surface area contributed by atoms with E-state index in [1.165, 1.54) is 18.2 Å². The van der Waals surface area contributed by atoms with E-state index in [0.29, 0.717) is 6.42 Å². The molecule has 0 aliphatic heterocycles. The summed E-state index contributed by atoms with van der Waals surface area (Å²) in [5.74, 6) is -2.56. The third-order valence-electron chi connectivity index (χ3n) is 1.97. The summed E-state index contributed by atoms with van der Waals surface area (Å²) in [6.45, 7) is 1.69. The predicted octanol–water partition coefficient (Wildman–Crippen LogP) is -1.93. The van der Waals surface area contributed by atoms with E-state index in [-0.39, 0.29) is 24.4 Å². The minimum atomic E-state index is -1.23. The number of hydrogen-bond donors (Lipinski definition) is 0. The van der Waals surface area contributed by atoms with Crippen molar-refractivity contribution in [3.63, 3.8) is 0 Å². The fraction of sp³-hybridized carbons (Fsp3) is 0.300. The summed E-state index contributed by atoms with van der Waals surface area (Å²) in [6.07, 6.45) is 0.337. The first-order chi connectivity index (χ1) is 6.16. The number of carboxylic acids is 1. The van der Waals surface area contributed by atoms with Gasteiger partial charge in [0.05, 0.1) is 0 Å². The minimum absolute atomic E-state index is 0. The van der Waals surface area contributed by atoms with Gasteiger partial charge in [0.2, 0.25) is 0 Å². The summed E-state index contributed by atoms with van der Waals surface area (Å²) in [7, 11) is 0. The summed E-state index contributed by atoms with van der Waals surface area (Å²) in [6, 6.07) is 5.87. The van der Waals surface area contributed by atoms with Crippen LogP contribution < -0.4 is 24.0 Å². The van der Waals surface area contributed by atoms with Crippen LogP contribution in [0.1, 0.15) is 24.8 Å². The predicted molar refractivity (Wildman–Crippen MR) is 44.4 cm³/mol. The Morgan fingerprint density at radius 2 is 2.07 bits per heavy atom. The molecule has 1 rings (SSSR count). The summed E-state index contributed by atoms with van der Waals surface area (Å²) in [4.78, 5) is 10.6. The zero-order chi connectivity index (χ0) is 9.84. The topological polar surface area (TPSA) is 40.1 Å². The van der Waals surface area contributed by atoms with Gasteiger partial charge in [0.15, 0.2) is 0 Å². The number of carbonyl (C=O) groups excluding carboxylic acids is 1. The van der Waals surface area contributed by atoms with Gasteiger partial charge in [-0.3, -0.25) is 0 Å². The van der Waals surface area contributed by atoms with Crippen LogP contribution in [0.15, 0.2) is 24.3 Å². The van der Waals surface area contributed by atoms with Gasteiger partial charge < -0.3 is 9.90 Å². The SMILES string of the molecule is CCC(C(=O)[O-])c1ccccc1F.[Li+]. The molecule has 0 fully saturated rings. The molecule has 0 heterocycles. The van der Waals surface area contributed by atoms with Crippen LogP contribution in [0, 0.1) is 5.82 Å². The van der Waals surface area contributed by atoms with Gasteiger partial charge in [-0.25, -0.2) is 4.39 Å². The van der Waals surface area contributed by atoms with Gasteiger partial charge in [0.1, 0.15) is 5.82 Å². The second kappa shape index (κ2) is 5.85. The molecule has 0 aliphatic rings. The maximum Gasteiger partial charge on any atom is 1.00 e. The van der Waals surface area contributed by atoms with Crippen LogP contribution in [0.2, 0.25) is 0 Å². The smallest absolute Gasteiger partial charge is 0.549 e. The molecule has 0 saturated heterocycles. The molecule has 0 aliphatic carbocycles. The Morgan fingerprint density at radius 3 is 2.50 bits per heavy atom. The zero-order valence-electron chi connectivity index (χ0n) is 8.29. The molecular weight excluding hydrogens is 178 g/mol. The molecule has 0 aromatic heterocycles. The Bertz CT molecular complexity index is 315. The molecule has 1 unspecified atom stereocenters. The molecule has 2 nitrogen and oxygen atoms in total. The third kappa shape index (κ3) is 2.86. The molecule has 0 radical (unpaired) electrons. The summed E-state index contributed by atoms with van der Waals surface area (Å²) in [5, 5.41) is 10.6. The quantitative estimate of drug-likeness (QED) is 0.518. The van der Waals surface area contributed by atoms with Gasteiger partial charge in [-0.05, 0) is 18.1 Å².